The van der Waals surface area contributed by atoms with Crippen LogP contribution in [-0.2, 0) is 0 Å². The van der Waals surface area contributed by atoms with Gasteiger partial charge in [-0.3, -0.25) is 0 Å². The van der Waals surface area contributed by atoms with Gasteiger partial charge in [-0.1, -0.05) is 170 Å². The summed E-state index contributed by atoms with van der Waals surface area (Å²) in [5.41, 5.74) is 12.6. The monoisotopic (exact) mass is 700 g/mol. The van der Waals surface area contributed by atoms with Crippen molar-refractivity contribution in [3.05, 3.63) is 194 Å². The molecule has 3 aromatic heterocycles. The van der Waals surface area contributed by atoms with E-state index in [1.807, 2.05) is 18.2 Å². The molecule has 0 aliphatic carbocycles. The Morgan fingerprint density at radius 1 is 0.327 bits per heavy atom. The van der Waals surface area contributed by atoms with Crippen LogP contribution in [-0.4, -0.2) is 19.5 Å². The van der Waals surface area contributed by atoms with Gasteiger partial charge in [0, 0.05) is 49.3 Å². The highest BCUT2D eigenvalue weighted by molar-refractivity contribution is 6.23. The van der Waals surface area contributed by atoms with E-state index in [9.17, 15) is 0 Å². The van der Waals surface area contributed by atoms with Crippen LogP contribution in [0.2, 0.25) is 0 Å². The van der Waals surface area contributed by atoms with Crippen LogP contribution in [0.5, 0.6) is 0 Å². The van der Waals surface area contributed by atoms with Gasteiger partial charge in [-0.2, -0.15) is 0 Å². The molecule has 0 radical (unpaired) electrons. The van der Waals surface area contributed by atoms with Crippen molar-refractivity contribution in [1.29, 1.82) is 0 Å². The minimum atomic E-state index is 0.713. The SMILES string of the molecule is c1ccc(-c2nc(-c3ccc(-c4ccc5c6ccc7c8ccccc8c(-c8ccccc8)nc7c6n(-c6ccccc6)c5c4)cc3)nc3ccccc23)cc1. The van der Waals surface area contributed by atoms with Crippen LogP contribution >= 0.6 is 0 Å². The Hall–Kier alpha value is -7.43. The maximum absolute atomic E-state index is 5.51. The Labute approximate surface area is 317 Å². The topological polar surface area (TPSA) is 43.6 Å². The number of aromatic nitrogens is 4. The summed E-state index contributed by atoms with van der Waals surface area (Å²) in [6, 6.07) is 68.4. The largest absolute Gasteiger partial charge is 0.307 e. The van der Waals surface area contributed by atoms with Crippen LogP contribution in [0, 0.1) is 0 Å². The average molecular weight is 701 g/mol. The van der Waals surface area contributed by atoms with E-state index in [1.165, 1.54) is 16.2 Å². The summed E-state index contributed by atoms with van der Waals surface area (Å²) in [4.78, 5) is 15.6. The zero-order valence-electron chi connectivity index (χ0n) is 29.8. The first-order valence-corrected chi connectivity index (χ1v) is 18.6. The van der Waals surface area contributed by atoms with E-state index in [4.69, 9.17) is 15.0 Å². The van der Waals surface area contributed by atoms with Crippen molar-refractivity contribution in [2.45, 2.75) is 0 Å². The minimum Gasteiger partial charge on any atom is -0.307 e. The molecule has 11 rings (SSSR count). The lowest BCUT2D eigenvalue weighted by atomic mass is 9.98. The molecular formula is C51H32N4. The van der Waals surface area contributed by atoms with Gasteiger partial charge in [-0.25, -0.2) is 15.0 Å². The highest BCUT2D eigenvalue weighted by Gasteiger charge is 2.20. The predicted molar refractivity (Wildman–Crippen MR) is 228 cm³/mol. The van der Waals surface area contributed by atoms with Crippen LogP contribution in [0.25, 0.3) is 105 Å². The lowest BCUT2D eigenvalue weighted by molar-refractivity contribution is 1.18. The van der Waals surface area contributed by atoms with Gasteiger partial charge < -0.3 is 4.57 Å². The molecule has 0 fully saturated rings. The van der Waals surface area contributed by atoms with Crippen molar-refractivity contribution >= 4 is 54.4 Å². The Morgan fingerprint density at radius 3 is 1.60 bits per heavy atom. The second-order valence-corrected chi connectivity index (χ2v) is 14.0. The molecule has 0 aliphatic rings. The van der Waals surface area contributed by atoms with Gasteiger partial charge in [-0.05, 0) is 40.8 Å². The summed E-state index contributed by atoms with van der Waals surface area (Å²) >= 11 is 0. The maximum atomic E-state index is 5.51. The molecule has 0 spiro atoms. The molecule has 8 aromatic carbocycles. The number of benzene rings is 8. The molecule has 0 atom stereocenters. The molecule has 3 heterocycles. The van der Waals surface area contributed by atoms with E-state index < -0.39 is 0 Å². The molecular weight excluding hydrogens is 669 g/mol. The number of fused-ring (bicyclic) bond motifs is 8. The molecule has 0 saturated carbocycles. The fourth-order valence-electron chi connectivity index (χ4n) is 8.19. The van der Waals surface area contributed by atoms with Crippen LogP contribution in [0.1, 0.15) is 0 Å². The van der Waals surface area contributed by atoms with Crippen LogP contribution in [0.15, 0.2) is 194 Å². The van der Waals surface area contributed by atoms with Gasteiger partial charge in [0.1, 0.15) is 0 Å². The average Bonchev–Trinajstić information content (AvgIpc) is 3.61. The van der Waals surface area contributed by atoms with Crippen molar-refractivity contribution < 1.29 is 0 Å². The van der Waals surface area contributed by atoms with E-state index >= 15 is 0 Å². The maximum Gasteiger partial charge on any atom is 0.160 e. The number of para-hydroxylation sites is 2. The fourth-order valence-corrected chi connectivity index (χ4v) is 8.19. The van der Waals surface area contributed by atoms with Crippen LogP contribution < -0.4 is 0 Å². The summed E-state index contributed by atoms with van der Waals surface area (Å²) in [5.74, 6) is 0.713. The zero-order valence-corrected chi connectivity index (χ0v) is 29.8. The second-order valence-electron chi connectivity index (χ2n) is 14.0. The Kier molecular flexibility index (Phi) is 7.14. The molecule has 4 nitrogen and oxygen atoms in total. The van der Waals surface area contributed by atoms with Crippen LogP contribution in [0.3, 0.4) is 0 Å². The minimum absolute atomic E-state index is 0.713. The first kappa shape index (κ1) is 31.1. The van der Waals surface area contributed by atoms with Crippen molar-refractivity contribution in [1.82, 2.24) is 19.5 Å². The lowest BCUT2D eigenvalue weighted by Crippen LogP contribution is -1.97. The molecule has 55 heavy (non-hydrogen) atoms. The predicted octanol–water partition coefficient (Wildman–Crippen LogP) is 13.1. The van der Waals surface area contributed by atoms with E-state index in [-0.39, 0.29) is 0 Å². The summed E-state index contributed by atoms with van der Waals surface area (Å²) < 4.78 is 2.40. The first-order valence-electron chi connectivity index (χ1n) is 18.6. The number of hydrogen-bond donors (Lipinski definition) is 0. The van der Waals surface area contributed by atoms with Crippen LogP contribution in [0.4, 0.5) is 0 Å². The third-order valence-electron chi connectivity index (χ3n) is 10.8. The standard InChI is InChI=1S/C51H32N4/c1-4-14-34(15-5-1)47-41-21-11-10-20-39(41)42-30-31-43-40-29-28-37(32-46(40)55(50(43)49(42)53-47)38-18-8-3-9-19-38)33-24-26-36(27-25-33)51-52-45-23-13-12-22-44(45)48(54-51)35-16-6-2-7-17-35/h1-32H. The normalized spacial score (nSPS) is 11.6. The highest BCUT2D eigenvalue weighted by Crippen LogP contribution is 2.41. The van der Waals surface area contributed by atoms with Gasteiger partial charge >= 0.3 is 0 Å². The molecule has 0 aliphatic heterocycles. The molecule has 4 heteroatoms. The number of rotatable bonds is 5. The smallest absolute Gasteiger partial charge is 0.160 e. The molecule has 0 unspecified atom stereocenters. The molecule has 256 valence electrons. The van der Waals surface area contributed by atoms with E-state index in [1.54, 1.807) is 0 Å². The number of pyridine rings is 1. The van der Waals surface area contributed by atoms with Crippen molar-refractivity contribution in [2.75, 3.05) is 0 Å². The second kappa shape index (κ2) is 12.6. The van der Waals surface area contributed by atoms with E-state index in [0.29, 0.717) is 5.82 Å². The summed E-state index contributed by atoms with van der Waals surface area (Å²) in [7, 11) is 0. The molecule has 0 saturated heterocycles. The van der Waals surface area contributed by atoms with Gasteiger partial charge in [0.2, 0.25) is 0 Å². The number of hydrogen-bond acceptors (Lipinski definition) is 3. The third-order valence-corrected chi connectivity index (χ3v) is 10.8. The van der Waals surface area contributed by atoms with E-state index in [2.05, 4.69) is 180 Å². The zero-order chi connectivity index (χ0) is 36.3. The summed E-state index contributed by atoms with van der Waals surface area (Å²) in [5, 5.41) is 6.91. The quantitative estimate of drug-likeness (QED) is 0.168. The highest BCUT2D eigenvalue weighted by atomic mass is 15.0. The van der Waals surface area contributed by atoms with Gasteiger partial charge in [0.15, 0.2) is 5.82 Å². The molecule has 11 aromatic rings. The lowest BCUT2D eigenvalue weighted by Gasteiger charge is -2.13. The van der Waals surface area contributed by atoms with Gasteiger partial charge in [-0.15, -0.1) is 0 Å². The summed E-state index contributed by atoms with van der Waals surface area (Å²) in [6.07, 6.45) is 0. The first-order chi connectivity index (χ1) is 27.3. The van der Waals surface area contributed by atoms with E-state index in [0.717, 1.165) is 83.1 Å². The van der Waals surface area contributed by atoms with Crippen molar-refractivity contribution in [3.63, 3.8) is 0 Å². The van der Waals surface area contributed by atoms with Crippen molar-refractivity contribution in [3.8, 4) is 50.7 Å². The van der Waals surface area contributed by atoms with Crippen molar-refractivity contribution in [2.24, 2.45) is 0 Å². The summed E-state index contributed by atoms with van der Waals surface area (Å²) in [6.45, 7) is 0. The Morgan fingerprint density at radius 2 is 0.873 bits per heavy atom. The Balaban J connectivity index is 1.10. The third kappa shape index (κ3) is 5.11. The van der Waals surface area contributed by atoms with Gasteiger partial charge in [0.05, 0.1) is 33.5 Å². The molecule has 0 amide bonds. The fraction of sp³-hybridized carbons (Fsp3) is 0. The van der Waals surface area contributed by atoms with Gasteiger partial charge in [0.25, 0.3) is 0 Å². The Bertz CT molecular complexity index is 3220. The molecule has 0 bridgehead atoms. The number of nitrogens with zero attached hydrogens (tertiary/aromatic N) is 4. The molecule has 0 N–H and O–H groups in total.